The Kier molecular flexibility index (Phi) is 4.95. The standard InChI is InChI=1S/C20H24N4OS/c1-22-18(20-8-5-13-26-20)14-16(21-22)15-23-9-11-24(12-10-23)17-6-3-4-7-19(17)25-2/h3-8,13-14H,9-12,15H2,1-2H3. The largest absolute Gasteiger partial charge is 0.495 e. The van der Waals surface area contributed by atoms with E-state index in [9.17, 15) is 0 Å². The first-order valence-corrected chi connectivity index (χ1v) is 9.79. The Morgan fingerprint density at radius 1 is 1.08 bits per heavy atom. The highest BCUT2D eigenvalue weighted by molar-refractivity contribution is 7.13. The van der Waals surface area contributed by atoms with Crippen LogP contribution >= 0.6 is 11.3 Å². The number of para-hydroxylation sites is 2. The van der Waals surface area contributed by atoms with Crippen molar-refractivity contribution in [2.45, 2.75) is 6.54 Å². The van der Waals surface area contributed by atoms with E-state index in [1.54, 1.807) is 18.4 Å². The van der Waals surface area contributed by atoms with E-state index in [1.807, 2.05) is 23.9 Å². The number of hydrogen-bond donors (Lipinski definition) is 0. The molecular weight excluding hydrogens is 344 g/mol. The molecule has 0 atom stereocenters. The molecule has 2 aromatic heterocycles. The maximum atomic E-state index is 5.51. The summed E-state index contributed by atoms with van der Waals surface area (Å²) in [6.07, 6.45) is 0. The molecule has 0 aliphatic carbocycles. The average molecular weight is 369 g/mol. The summed E-state index contributed by atoms with van der Waals surface area (Å²) in [7, 11) is 3.76. The number of nitrogens with zero attached hydrogens (tertiary/aromatic N) is 4. The Labute approximate surface area is 158 Å². The van der Waals surface area contributed by atoms with Crippen LogP contribution in [0.3, 0.4) is 0 Å². The molecule has 4 rings (SSSR count). The van der Waals surface area contributed by atoms with E-state index in [0.29, 0.717) is 0 Å². The highest BCUT2D eigenvalue weighted by Gasteiger charge is 2.20. The topological polar surface area (TPSA) is 33.5 Å². The molecule has 3 heterocycles. The highest BCUT2D eigenvalue weighted by atomic mass is 32.1. The first-order valence-electron chi connectivity index (χ1n) is 8.91. The summed E-state index contributed by atoms with van der Waals surface area (Å²) in [6, 6.07) is 14.7. The van der Waals surface area contributed by atoms with E-state index in [0.717, 1.165) is 44.2 Å². The lowest BCUT2D eigenvalue weighted by Crippen LogP contribution is -2.46. The fourth-order valence-electron chi connectivity index (χ4n) is 3.53. The van der Waals surface area contributed by atoms with Gasteiger partial charge >= 0.3 is 0 Å². The molecule has 6 heteroatoms. The van der Waals surface area contributed by atoms with Crippen molar-refractivity contribution in [3.05, 3.63) is 53.5 Å². The highest BCUT2D eigenvalue weighted by Crippen LogP contribution is 2.29. The predicted octanol–water partition coefficient (Wildman–Crippen LogP) is 3.48. The van der Waals surface area contributed by atoms with E-state index >= 15 is 0 Å². The van der Waals surface area contributed by atoms with Crippen molar-refractivity contribution in [1.82, 2.24) is 14.7 Å². The van der Waals surface area contributed by atoms with Crippen molar-refractivity contribution in [1.29, 1.82) is 0 Å². The van der Waals surface area contributed by atoms with Crippen LogP contribution in [0.1, 0.15) is 5.69 Å². The summed E-state index contributed by atoms with van der Waals surface area (Å²) in [6.45, 7) is 4.97. The SMILES string of the molecule is COc1ccccc1N1CCN(Cc2cc(-c3cccs3)n(C)n2)CC1. The third-order valence-corrected chi connectivity index (χ3v) is 5.78. The second kappa shape index (κ2) is 7.51. The molecule has 0 radical (unpaired) electrons. The number of aryl methyl sites for hydroxylation is 1. The summed E-state index contributed by atoms with van der Waals surface area (Å²) in [5.74, 6) is 0.950. The Morgan fingerprint density at radius 3 is 2.62 bits per heavy atom. The van der Waals surface area contributed by atoms with Gasteiger partial charge in [0.05, 0.1) is 29.1 Å². The molecule has 1 aromatic carbocycles. The molecule has 3 aromatic rings. The van der Waals surface area contributed by atoms with E-state index in [1.165, 1.54) is 16.3 Å². The van der Waals surface area contributed by atoms with Crippen molar-refractivity contribution < 1.29 is 4.74 Å². The molecule has 1 saturated heterocycles. The van der Waals surface area contributed by atoms with Gasteiger partial charge in [0.2, 0.25) is 0 Å². The first kappa shape index (κ1) is 17.1. The summed E-state index contributed by atoms with van der Waals surface area (Å²) < 4.78 is 7.50. The zero-order valence-electron chi connectivity index (χ0n) is 15.3. The number of hydrogen-bond acceptors (Lipinski definition) is 5. The van der Waals surface area contributed by atoms with Crippen LogP contribution in [0.2, 0.25) is 0 Å². The minimum absolute atomic E-state index is 0.902. The molecule has 0 amide bonds. The zero-order valence-corrected chi connectivity index (χ0v) is 16.1. The number of benzene rings is 1. The quantitative estimate of drug-likeness (QED) is 0.690. The van der Waals surface area contributed by atoms with Gasteiger partial charge in [0, 0.05) is 39.8 Å². The van der Waals surface area contributed by atoms with E-state index in [-0.39, 0.29) is 0 Å². The van der Waals surface area contributed by atoms with Crippen molar-refractivity contribution in [2.24, 2.45) is 7.05 Å². The minimum Gasteiger partial charge on any atom is -0.495 e. The van der Waals surface area contributed by atoms with Gasteiger partial charge < -0.3 is 9.64 Å². The van der Waals surface area contributed by atoms with Gasteiger partial charge in [0.15, 0.2) is 0 Å². The summed E-state index contributed by atoms with van der Waals surface area (Å²) in [4.78, 5) is 6.16. The van der Waals surface area contributed by atoms with Crippen LogP contribution in [0.25, 0.3) is 10.6 Å². The fraction of sp³-hybridized carbons (Fsp3) is 0.350. The lowest BCUT2D eigenvalue weighted by atomic mass is 10.2. The number of rotatable bonds is 5. The number of thiophene rings is 1. The molecule has 1 fully saturated rings. The fourth-order valence-corrected chi connectivity index (χ4v) is 4.30. The normalized spacial score (nSPS) is 15.4. The van der Waals surface area contributed by atoms with Gasteiger partial charge in [-0.25, -0.2) is 0 Å². The molecule has 0 saturated carbocycles. The number of ether oxygens (including phenoxy) is 1. The first-order chi connectivity index (χ1) is 12.7. The molecule has 26 heavy (non-hydrogen) atoms. The maximum Gasteiger partial charge on any atom is 0.142 e. The van der Waals surface area contributed by atoms with Crippen molar-refractivity contribution in [3.8, 4) is 16.3 Å². The van der Waals surface area contributed by atoms with Crippen LogP contribution in [0.15, 0.2) is 47.8 Å². The molecule has 0 unspecified atom stereocenters. The third-order valence-electron chi connectivity index (χ3n) is 4.89. The van der Waals surface area contributed by atoms with Crippen LogP contribution in [-0.4, -0.2) is 48.0 Å². The monoisotopic (exact) mass is 368 g/mol. The molecule has 0 N–H and O–H groups in total. The third kappa shape index (κ3) is 3.48. The number of anilines is 1. The number of piperazine rings is 1. The Bertz CT molecular complexity index is 851. The second-order valence-electron chi connectivity index (χ2n) is 6.56. The van der Waals surface area contributed by atoms with Crippen molar-refractivity contribution in [2.75, 3.05) is 38.2 Å². The molecule has 1 aliphatic rings. The minimum atomic E-state index is 0.902. The smallest absolute Gasteiger partial charge is 0.142 e. The van der Waals surface area contributed by atoms with E-state index in [4.69, 9.17) is 9.84 Å². The molecule has 1 aliphatic heterocycles. The lowest BCUT2D eigenvalue weighted by molar-refractivity contribution is 0.246. The average Bonchev–Trinajstić information content (AvgIpc) is 3.32. The number of aromatic nitrogens is 2. The van der Waals surface area contributed by atoms with Gasteiger partial charge in [0.1, 0.15) is 5.75 Å². The maximum absolute atomic E-state index is 5.51. The van der Waals surface area contributed by atoms with E-state index in [2.05, 4.69) is 45.5 Å². The Morgan fingerprint density at radius 2 is 1.88 bits per heavy atom. The molecular formula is C20H24N4OS. The second-order valence-corrected chi connectivity index (χ2v) is 7.50. The predicted molar refractivity (Wildman–Crippen MR) is 107 cm³/mol. The van der Waals surface area contributed by atoms with Crippen LogP contribution in [0, 0.1) is 0 Å². The summed E-state index contributed by atoms with van der Waals surface area (Å²) in [5.41, 5.74) is 3.52. The molecule has 136 valence electrons. The van der Waals surface area contributed by atoms with Crippen LogP contribution in [0.5, 0.6) is 5.75 Å². The molecule has 0 bridgehead atoms. The zero-order chi connectivity index (χ0) is 17.9. The molecule has 0 spiro atoms. The van der Waals surface area contributed by atoms with Gasteiger partial charge in [-0.2, -0.15) is 5.10 Å². The molecule has 5 nitrogen and oxygen atoms in total. The Balaban J connectivity index is 1.39. The van der Waals surface area contributed by atoms with Crippen molar-refractivity contribution >= 4 is 17.0 Å². The van der Waals surface area contributed by atoms with Crippen LogP contribution in [-0.2, 0) is 13.6 Å². The lowest BCUT2D eigenvalue weighted by Gasteiger charge is -2.36. The van der Waals surface area contributed by atoms with Crippen LogP contribution in [0.4, 0.5) is 5.69 Å². The van der Waals surface area contributed by atoms with Gasteiger partial charge in [0.25, 0.3) is 0 Å². The summed E-state index contributed by atoms with van der Waals surface area (Å²) in [5, 5.41) is 6.82. The Hall–Kier alpha value is -2.31. The van der Waals surface area contributed by atoms with Gasteiger partial charge in [-0.05, 0) is 29.6 Å². The van der Waals surface area contributed by atoms with Gasteiger partial charge in [-0.1, -0.05) is 18.2 Å². The number of methoxy groups -OCH3 is 1. The van der Waals surface area contributed by atoms with E-state index < -0.39 is 0 Å². The van der Waals surface area contributed by atoms with Crippen LogP contribution < -0.4 is 9.64 Å². The summed E-state index contributed by atoms with van der Waals surface area (Å²) >= 11 is 1.76. The van der Waals surface area contributed by atoms with Crippen molar-refractivity contribution in [3.63, 3.8) is 0 Å². The van der Waals surface area contributed by atoms with Gasteiger partial charge in [-0.15, -0.1) is 11.3 Å². The van der Waals surface area contributed by atoms with Gasteiger partial charge in [-0.3, -0.25) is 9.58 Å².